The van der Waals surface area contributed by atoms with Gasteiger partial charge in [-0.3, -0.25) is 4.57 Å². The van der Waals surface area contributed by atoms with E-state index >= 15 is 0 Å². The Kier molecular flexibility index (Phi) is 7.26. The van der Waals surface area contributed by atoms with Crippen molar-refractivity contribution in [3.05, 3.63) is 151 Å². The van der Waals surface area contributed by atoms with E-state index in [0.717, 1.165) is 79.4 Å². The van der Waals surface area contributed by atoms with Gasteiger partial charge in [0.15, 0.2) is 6.20 Å². The second-order valence-corrected chi connectivity index (χ2v) is 11.9. The second-order valence-electron chi connectivity index (χ2n) is 11.9. The van der Waals surface area contributed by atoms with Gasteiger partial charge in [0, 0.05) is 17.3 Å². The molecule has 5 heteroatoms. The van der Waals surface area contributed by atoms with Crippen molar-refractivity contribution in [2.45, 2.75) is 12.8 Å². The first-order chi connectivity index (χ1) is 22.7. The maximum atomic E-state index is 12.8. The van der Waals surface area contributed by atoms with E-state index in [4.69, 9.17) is 4.98 Å². The number of allylic oxidation sites excluding steroid dienone is 1. The number of benzene rings is 6. The predicted octanol–water partition coefficient (Wildman–Crippen LogP) is 6.18. The van der Waals surface area contributed by atoms with Gasteiger partial charge in [-0.25, -0.2) is 9.97 Å². The molecule has 0 atom stereocenters. The number of aryl methyl sites for hydroxylation is 1. The van der Waals surface area contributed by atoms with E-state index in [2.05, 4.69) is 125 Å². The number of pyridine rings is 1. The number of H-pyrrole nitrogens is 1. The molecule has 6 aromatic carbocycles. The maximum absolute atomic E-state index is 12.8. The monoisotopic (exact) mass is 598 g/mol. The first-order valence-corrected chi connectivity index (χ1v) is 15.7. The number of nitrogens with zero attached hydrogens (tertiary/aromatic N) is 2. The zero-order valence-electron chi connectivity index (χ0n) is 26.1. The Bertz CT molecular complexity index is 2480. The average molecular weight is 599 g/mol. The van der Waals surface area contributed by atoms with Crippen LogP contribution < -0.4 is 29.0 Å². The molecule has 9 rings (SSSR count). The molecule has 4 nitrogen and oxygen atoms in total. The number of fused-ring (bicyclic) bond motifs is 4. The van der Waals surface area contributed by atoms with Crippen molar-refractivity contribution in [3.8, 4) is 45.1 Å². The summed E-state index contributed by atoms with van der Waals surface area (Å²) in [6, 6.07) is 44.4. The number of hydrogen-bond acceptors (Lipinski definition) is 2. The van der Waals surface area contributed by atoms with E-state index in [1.165, 1.54) is 11.1 Å². The quantitative estimate of drug-likeness (QED) is 0.179. The smallest absolute Gasteiger partial charge is 0.868 e. The van der Waals surface area contributed by atoms with E-state index in [9.17, 15) is 5.11 Å². The van der Waals surface area contributed by atoms with Gasteiger partial charge in [0.1, 0.15) is 5.82 Å². The van der Waals surface area contributed by atoms with Crippen LogP contribution in [0.5, 0.6) is 5.75 Å². The third kappa shape index (κ3) is 4.86. The van der Waals surface area contributed by atoms with E-state index in [1.807, 2.05) is 24.4 Å². The van der Waals surface area contributed by atoms with Crippen LogP contribution in [0, 0.1) is 0 Å². The fraction of sp³-hybridized carbons (Fsp3) is 0.0476. The Labute approximate surface area is 284 Å². The van der Waals surface area contributed by atoms with Crippen LogP contribution in [-0.2, 0) is 6.42 Å². The zero-order valence-corrected chi connectivity index (χ0v) is 26.1. The third-order valence-corrected chi connectivity index (χ3v) is 9.23. The molecule has 8 aromatic rings. The number of rotatable bonds is 4. The molecule has 0 spiro atoms. The van der Waals surface area contributed by atoms with Crippen LogP contribution in [-0.4, -0.2) is 9.55 Å². The predicted molar refractivity (Wildman–Crippen MR) is 186 cm³/mol. The molecule has 218 valence electrons. The summed E-state index contributed by atoms with van der Waals surface area (Å²) in [4.78, 5) is 8.32. The summed E-state index contributed by atoms with van der Waals surface area (Å²) in [6.45, 7) is 0. The van der Waals surface area contributed by atoms with Crippen molar-refractivity contribution in [1.29, 1.82) is 0 Å². The summed E-state index contributed by atoms with van der Waals surface area (Å²) in [5, 5.41) is 18.4. The maximum Gasteiger partial charge on any atom is 1.00 e. The Morgan fingerprint density at radius 2 is 1.40 bits per heavy atom. The normalized spacial score (nSPS) is 12.3. The van der Waals surface area contributed by atoms with Crippen molar-refractivity contribution < 1.29 is 29.0 Å². The van der Waals surface area contributed by atoms with Crippen molar-refractivity contribution in [2.24, 2.45) is 0 Å². The van der Waals surface area contributed by atoms with Crippen molar-refractivity contribution in [3.63, 3.8) is 0 Å². The van der Waals surface area contributed by atoms with Gasteiger partial charge >= 0.3 is 18.9 Å². The van der Waals surface area contributed by atoms with Gasteiger partial charge in [0.25, 0.3) is 0 Å². The Hall–Kier alpha value is -5.40. The average Bonchev–Trinajstić information content (AvgIpc) is 3.51. The number of nitrogens with one attached hydrogen (secondary N) is 1. The SMILES string of the molecule is [Li+].[O-]c1ccc(-c2c3ccccc3cc3ccc(-c4ccc(-c5nc6c(n5-c5ccccc5)C=CCC6)cc4)cc23)c2ccc[nH+]c12. The van der Waals surface area contributed by atoms with E-state index in [0.29, 0.717) is 5.52 Å². The summed E-state index contributed by atoms with van der Waals surface area (Å²) < 4.78 is 2.28. The molecule has 1 N–H and O–H groups in total. The Morgan fingerprint density at radius 3 is 2.28 bits per heavy atom. The molecular weight excluding hydrogens is 569 g/mol. The molecule has 0 radical (unpaired) electrons. The third-order valence-electron chi connectivity index (χ3n) is 9.23. The number of hydrogen-bond donors (Lipinski definition) is 0. The van der Waals surface area contributed by atoms with Gasteiger partial charge in [-0.1, -0.05) is 97.1 Å². The van der Waals surface area contributed by atoms with Crippen molar-refractivity contribution in [1.82, 2.24) is 9.55 Å². The summed E-state index contributed by atoms with van der Waals surface area (Å²) in [7, 11) is 0. The standard InChI is InChI=1S/C42H29N3O.Li/c46-39-23-22-34(35-13-8-24-43-41(35)39)40-33-12-5-4-9-30(33)25-31-21-20-29(26-36(31)40)27-16-18-28(19-17-27)42-44-37-14-6-7-15-38(37)45(42)32-10-2-1-3-11-32;/h1-5,7-13,15-26,46H,6,14H2;/q;+1. The fourth-order valence-electron chi connectivity index (χ4n) is 7.04. The molecule has 0 saturated carbocycles. The van der Waals surface area contributed by atoms with E-state index < -0.39 is 0 Å². The topological polar surface area (TPSA) is 55.0 Å². The van der Waals surface area contributed by atoms with Crippen LogP contribution in [0.25, 0.3) is 77.9 Å². The first kappa shape index (κ1) is 29.0. The minimum Gasteiger partial charge on any atom is -0.868 e. The van der Waals surface area contributed by atoms with Gasteiger partial charge in [-0.15, -0.1) is 0 Å². The number of para-hydroxylation sites is 1. The molecule has 2 aromatic heterocycles. The summed E-state index contributed by atoms with van der Waals surface area (Å²) in [5.41, 5.74) is 9.61. The van der Waals surface area contributed by atoms with Crippen LogP contribution in [0.3, 0.4) is 0 Å². The number of imidazole rings is 1. The number of aromatic amines is 1. The van der Waals surface area contributed by atoms with Crippen molar-refractivity contribution >= 4 is 38.5 Å². The minimum absolute atomic E-state index is 0. The Balaban J connectivity index is 0.00000324. The molecule has 0 saturated heterocycles. The molecule has 0 fully saturated rings. The van der Waals surface area contributed by atoms with E-state index in [1.54, 1.807) is 6.07 Å². The fourth-order valence-corrected chi connectivity index (χ4v) is 7.04. The van der Waals surface area contributed by atoms with Crippen LogP contribution >= 0.6 is 0 Å². The van der Waals surface area contributed by atoms with Crippen LogP contribution in [0.1, 0.15) is 17.8 Å². The summed E-state index contributed by atoms with van der Waals surface area (Å²) in [6.07, 6.45) is 8.23. The summed E-state index contributed by atoms with van der Waals surface area (Å²) in [5.74, 6) is 0.960. The van der Waals surface area contributed by atoms with Crippen LogP contribution in [0.2, 0.25) is 0 Å². The molecule has 0 aliphatic heterocycles. The van der Waals surface area contributed by atoms with Crippen molar-refractivity contribution in [2.75, 3.05) is 0 Å². The zero-order chi connectivity index (χ0) is 30.6. The van der Waals surface area contributed by atoms with Gasteiger partial charge < -0.3 is 5.11 Å². The molecule has 1 aliphatic carbocycles. The minimum atomic E-state index is -0.00515. The molecule has 0 bridgehead atoms. The molecule has 0 amide bonds. The molecule has 2 heterocycles. The molecule has 47 heavy (non-hydrogen) atoms. The van der Waals surface area contributed by atoms with Gasteiger partial charge in [0.2, 0.25) is 5.52 Å². The molecular formula is C42H29LiN3O+. The van der Waals surface area contributed by atoms with Gasteiger partial charge in [0.05, 0.1) is 16.8 Å². The van der Waals surface area contributed by atoms with Crippen LogP contribution in [0.4, 0.5) is 0 Å². The largest absolute Gasteiger partial charge is 1.00 e. The van der Waals surface area contributed by atoms with E-state index in [-0.39, 0.29) is 24.6 Å². The molecule has 1 aliphatic rings. The second kappa shape index (κ2) is 11.8. The molecule has 0 unspecified atom stereocenters. The summed E-state index contributed by atoms with van der Waals surface area (Å²) >= 11 is 0. The Morgan fingerprint density at radius 1 is 0.660 bits per heavy atom. The van der Waals surface area contributed by atoms with Gasteiger partial charge in [-0.05, 0) is 98.8 Å². The van der Waals surface area contributed by atoms with Gasteiger partial charge in [-0.2, -0.15) is 0 Å². The van der Waals surface area contributed by atoms with Crippen LogP contribution in [0.15, 0.2) is 140 Å². The first-order valence-electron chi connectivity index (χ1n) is 15.7. The number of aromatic nitrogens is 3.